The lowest BCUT2D eigenvalue weighted by Crippen LogP contribution is -2.41. The minimum absolute atomic E-state index is 0.112. The SMILES string of the molecule is CC1=CC[C@@H](COc2ccccc2)O[C@@]2(C1)C(=O)Nc1cccc(Br)c12. The number of rotatable bonds is 3. The number of fused-ring (bicyclic) bond motifs is 2. The molecule has 2 aliphatic rings. The molecule has 2 aliphatic heterocycles. The highest BCUT2D eigenvalue weighted by atomic mass is 79.9. The fourth-order valence-electron chi connectivity index (χ4n) is 3.64. The Hall–Kier alpha value is -2.11. The zero-order chi connectivity index (χ0) is 18.1. The van der Waals surface area contributed by atoms with Crippen molar-refractivity contribution in [1.82, 2.24) is 0 Å². The molecule has 0 fully saturated rings. The third-order valence-corrected chi connectivity index (χ3v) is 5.50. The molecule has 1 N–H and O–H groups in total. The topological polar surface area (TPSA) is 47.6 Å². The summed E-state index contributed by atoms with van der Waals surface area (Å²) in [5.41, 5.74) is 1.81. The number of amides is 1. The van der Waals surface area contributed by atoms with Crippen molar-refractivity contribution in [2.75, 3.05) is 11.9 Å². The Morgan fingerprint density at radius 1 is 1.23 bits per heavy atom. The van der Waals surface area contributed by atoms with Crippen molar-refractivity contribution in [3.63, 3.8) is 0 Å². The van der Waals surface area contributed by atoms with Crippen LogP contribution >= 0.6 is 15.9 Å². The van der Waals surface area contributed by atoms with Crippen LogP contribution in [0.3, 0.4) is 0 Å². The van der Waals surface area contributed by atoms with Crippen LogP contribution in [0, 0.1) is 0 Å². The summed E-state index contributed by atoms with van der Waals surface area (Å²) in [6, 6.07) is 15.4. The smallest absolute Gasteiger partial charge is 0.261 e. The second-order valence-corrected chi connectivity index (χ2v) is 7.62. The van der Waals surface area contributed by atoms with Gasteiger partial charge in [-0.15, -0.1) is 0 Å². The molecule has 4 nitrogen and oxygen atoms in total. The van der Waals surface area contributed by atoms with Crippen LogP contribution in [-0.4, -0.2) is 18.6 Å². The van der Waals surface area contributed by atoms with E-state index >= 15 is 0 Å². The molecule has 0 saturated carbocycles. The first-order chi connectivity index (χ1) is 12.6. The van der Waals surface area contributed by atoms with Crippen molar-refractivity contribution >= 4 is 27.5 Å². The number of halogens is 1. The number of hydrogen-bond acceptors (Lipinski definition) is 3. The molecule has 134 valence electrons. The molecular weight excluding hydrogens is 394 g/mol. The van der Waals surface area contributed by atoms with Gasteiger partial charge >= 0.3 is 0 Å². The zero-order valence-electron chi connectivity index (χ0n) is 14.5. The lowest BCUT2D eigenvalue weighted by molar-refractivity contribution is -0.152. The van der Waals surface area contributed by atoms with E-state index in [9.17, 15) is 4.79 Å². The van der Waals surface area contributed by atoms with Crippen molar-refractivity contribution in [1.29, 1.82) is 0 Å². The fourth-order valence-corrected chi connectivity index (χ4v) is 4.32. The normalized spacial score (nSPS) is 24.6. The predicted octanol–water partition coefficient (Wildman–Crippen LogP) is 4.80. The molecule has 2 heterocycles. The number of ether oxygens (including phenoxy) is 2. The first kappa shape index (κ1) is 17.3. The van der Waals surface area contributed by atoms with Crippen molar-refractivity contribution in [3.8, 4) is 5.75 Å². The third-order valence-electron chi connectivity index (χ3n) is 4.84. The van der Waals surface area contributed by atoms with Crippen molar-refractivity contribution < 1.29 is 14.3 Å². The monoisotopic (exact) mass is 413 g/mol. The number of nitrogens with one attached hydrogen (secondary N) is 1. The average Bonchev–Trinajstić information content (AvgIpc) is 2.79. The molecule has 2 aromatic rings. The van der Waals surface area contributed by atoms with Gasteiger partial charge in [-0.2, -0.15) is 0 Å². The molecule has 0 radical (unpaired) electrons. The molecule has 26 heavy (non-hydrogen) atoms. The van der Waals surface area contributed by atoms with Crippen LogP contribution in [0.2, 0.25) is 0 Å². The molecule has 1 amide bonds. The van der Waals surface area contributed by atoms with Crippen molar-refractivity contribution in [2.45, 2.75) is 31.5 Å². The number of para-hydroxylation sites is 1. The average molecular weight is 414 g/mol. The van der Waals surface area contributed by atoms with Crippen molar-refractivity contribution in [2.24, 2.45) is 0 Å². The molecule has 2 aromatic carbocycles. The number of hydrogen-bond donors (Lipinski definition) is 1. The summed E-state index contributed by atoms with van der Waals surface area (Å²) < 4.78 is 13.2. The van der Waals surface area contributed by atoms with Crippen LogP contribution in [0.25, 0.3) is 0 Å². The van der Waals surface area contributed by atoms with E-state index in [1.54, 1.807) is 0 Å². The molecule has 0 aliphatic carbocycles. The quantitative estimate of drug-likeness (QED) is 0.734. The second kappa shape index (κ2) is 6.89. The summed E-state index contributed by atoms with van der Waals surface area (Å²) in [7, 11) is 0. The molecule has 0 aromatic heterocycles. The van der Waals surface area contributed by atoms with Crippen LogP contribution in [0.1, 0.15) is 25.3 Å². The molecule has 0 bridgehead atoms. The van der Waals surface area contributed by atoms with E-state index < -0.39 is 5.60 Å². The molecular formula is C21H20BrNO3. The van der Waals surface area contributed by atoms with Crippen molar-refractivity contribution in [3.05, 3.63) is 70.2 Å². The molecule has 5 heteroatoms. The second-order valence-electron chi connectivity index (χ2n) is 6.77. The summed E-state index contributed by atoms with van der Waals surface area (Å²) >= 11 is 3.60. The fraction of sp³-hybridized carbons (Fsp3) is 0.286. The molecule has 1 spiro atoms. The number of carbonyl (C=O) groups excluding carboxylic acids is 1. The van der Waals surface area contributed by atoms with Crippen LogP contribution in [0.5, 0.6) is 5.75 Å². The highest BCUT2D eigenvalue weighted by Gasteiger charge is 2.51. The Bertz CT molecular complexity index is 865. The molecule has 0 saturated heterocycles. The maximum absolute atomic E-state index is 13.0. The van der Waals surface area contributed by atoms with Crippen LogP contribution in [0.15, 0.2) is 64.7 Å². The van der Waals surface area contributed by atoms with Gasteiger partial charge in [0.05, 0.1) is 6.10 Å². The van der Waals surface area contributed by atoms with Gasteiger partial charge in [0.15, 0.2) is 5.60 Å². The number of benzene rings is 2. The Labute approximate surface area is 161 Å². The predicted molar refractivity (Wildman–Crippen MR) is 104 cm³/mol. The largest absolute Gasteiger partial charge is 0.491 e. The number of carbonyl (C=O) groups is 1. The summed E-state index contributed by atoms with van der Waals surface area (Å²) in [6.07, 6.45) is 3.19. The summed E-state index contributed by atoms with van der Waals surface area (Å²) in [4.78, 5) is 13.0. The van der Waals surface area contributed by atoms with Gasteiger partial charge in [0.1, 0.15) is 12.4 Å². The highest BCUT2D eigenvalue weighted by molar-refractivity contribution is 9.10. The lowest BCUT2D eigenvalue weighted by atomic mass is 9.88. The van der Waals surface area contributed by atoms with Gasteiger partial charge in [-0.25, -0.2) is 0 Å². The highest BCUT2D eigenvalue weighted by Crippen LogP contribution is 2.48. The van der Waals surface area contributed by atoms with Gasteiger partial charge in [0.25, 0.3) is 5.91 Å². The van der Waals surface area contributed by atoms with Crippen LogP contribution < -0.4 is 10.1 Å². The van der Waals surface area contributed by atoms with Gasteiger partial charge in [-0.3, -0.25) is 4.79 Å². The van der Waals surface area contributed by atoms with Gasteiger partial charge in [0.2, 0.25) is 0 Å². The van der Waals surface area contributed by atoms with E-state index in [1.165, 1.54) is 0 Å². The van der Waals surface area contributed by atoms with Gasteiger partial charge in [-0.05, 0) is 37.6 Å². The van der Waals surface area contributed by atoms with E-state index in [0.717, 1.165) is 27.0 Å². The summed E-state index contributed by atoms with van der Waals surface area (Å²) in [5, 5.41) is 2.98. The summed E-state index contributed by atoms with van der Waals surface area (Å²) in [6.45, 7) is 2.44. The summed E-state index contributed by atoms with van der Waals surface area (Å²) in [5.74, 6) is 0.686. The molecule has 0 unspecified atom stereocenters. The maximum atomic E-state index is 13.0. The Morgan fingerprint density at radius 3 is 2.85 bits per heavy atom. The van der Waals surface area contributed by atoms with E-state index in [2.05, 4.69) is 27.3 Å². The minimum atomic E-state index is -1.02. The first-order valence-corrected chi connectivity index (χ1v) is 9.49. The lowest BCUT2D eigenvalue weighted by Gasteiger charge is -2.31. The standard InChI is InChI=1S/C21H20BrNO3/c1-14-10-11-16(13-25-15-6-3-2-4-7-15)26-21(12-14)19-17(22)8-5-9-18(19)23-20(21)24/h2-10,16H,11-13H2,1H3,(H,23,24)/t16-,21+/m0/s1. The molecule has 2 atom stereocenters. The van der Waals surface area contributed by atoms with Gasteiger partial charge in [-0.1, -0.05) is 51.8 Å². The zero-order valence-corrected chi connectivity index (χ0v) is 16.1. The number of anilines is 1. The van der Waals surface area contributed by atoms with E-state index in [1.807, 2.05) is 55.5 Å². The minimum Gasteiger partial charge on any atom is -0.491 e. The van der Waals surface area contributed by atoms with E-state index in [4.69, 9.17) is 9.47 Å². The first-order valence-electron chi connectivity index (χ1n) is 8.70. The van der Waals surface area contributed by atoms with E-state index in [-0.39, 0.29) is 12.0 Å². The van der Waals surface area contributed by atoms with Crippen LogP contribution in [-0.2, 0) is 15.1 Å². The van der Waals surface area contributed by atoms with E-state index in [0.29, 0.717) is 19.4 Å². The van der Waals surface area contributed by atoms with Gasteiger partial charge < -0.3 is 14.8 Å². The maximum Gasteiger partial charge on any atom is 0.261 e. The Morgan fingerprint density at radius 2 is 2.04 bits per heavy atom. The Kier molecular flexibility index (Phi) is 4.59. The van der Waals surface area contributed by atoms with Gasteiger partial charge in [0, 0.05) is 22.1 Å². The molecule has 4 rings (SSSR count). The van der Waals surface area contributed by atoms with Crippen LogP contribution in [0.4, 0.5) is 5.69 Å². The Balaban J connectivity index is 1.64. The third kappa shape index (κ3) is 3.06.